The number of hydrogen-bond donors (Lipinski definition) is 0. The van der Waals surface area contributed by atoms with Gasteiger partial charge in [-0.15, -0.1) is 0 Å². The smallest absolute Gasteiger partial charge is 0.231 e. The summed E-state index contributed by atoms with van der Waals surface area (Å²) in [6, 6.07) is 0. The van der Waals surface area contributed by atoms with Crippen LogP contribution in [0, 0.1) is 0 Å². The maximum absolute atomic E-state index is 6.74. The third-order valence-electron chi connectivity index (χ3n) is 13.9. The topological polar surface area (TPSA) is 73.8 Å². The molecule has 0 amide bonds. The predicted molar refractivity (Wildman–Crippen MR) is 265 cm³/mol. The molecule has 0 radical (unpaired) electrons. The number of benzene rings is 4. The fraction of sp³-hybridized carbons (Fsp3) is 0.538. The summed E-state index contributed by atoms with van der Waals surface area (Å²) < 4.78 is 57.1. The third-order valence-corrected chi connectivity index (χ3v) is 16.7. The maximum atomic E-state index is 6.74. The van der Waals surface area contributed by atoms with Crippen molar-refractivity contribution in [1.29, 1.82) is 0 Å². The Bertz CT molecular complexity index is 1970. The standard InChI is InChI=1S/C52H60Br4O8/c1-5-9-13-17-29-33-21-35-30(18-14-10-6-2)37-23-39-32(20-16-12-8-4)40-24-38-31(19-15-11-7-3)36-22-34(29)46-41(53)45(33)57-25-59-47(35)42(54)49(37)61-27-63-51(39)44(56)52(40)64-28-62-50(38)43(55)48(36)60-26-58-46/h5-28H2,1-4H3. The highest BCUT2D eigenvalue weighted by atomic mass is 79.9. The van der Waals surface area contributed by atoms with Gasteiger partial charge in [0.2, 0.25) is 27.2 Å². The molecule has 1 aliphatic carbocycles. The van der Waals surface area contributed by atoms with Crippen molar-refractivity contribution in [3.63, 3.8) is 0 Å². The van der Waals surface area contributed by atoms with Gasteiger partial charge in [-0.2, -0.15) is 0 Å². The van der Waals surface area contributed by atoms with Crippen LogP contribution in [0.25, 0.3) is 0 Å². The van der Waals surface area contributed by atoms with E-state index in [9.17, 15) is 0 Å². The summed E-state index contributed by atoms with van der Waals surface area (Å²) in [4.78, 5) is 0. The van der Waals surface area contributed by atoms with Gasteiger partial charge in [-0.3, -0.25) is 0 Å². The van der Waals surface area contributed by atoms with Crippen molar-refractivity contribution in [2.75, 3.05) is 27.2 Å². The Balaban J connectivity index is 1.44. The zero-order chi connectivity index (χ0) is 44.5. The molecule has 64 heavy (non-hydrogen) atoms. The number of unbranched alkanes of at least 4 members (excludes halogenated alkanes) is 8. The van der Waals surface area contributed by atoms with E-state index in [1.165, 1.54) is 66.8 Å². The van der Waals surface area contributed by atoms with E-state index in [1.807, 2.05) is 0 Å². The van der Waals surface area contributed by atoms with Crippen molar-refractivity contribution in [3.8, 4) is 46.0 Å². The van der Waals surface area contributed by atoms with Crippen LogP contribution in [0.4, 0.5) is 0 Å². The molecule has 5 aliphatic rings. The van der Waals surface area contributed by atoms with E-state index in [4.69, 9.17) is 37.9 Å². The van der Waals surface area contributed by atoms with E-state index in [0.29, 0.717) is 25.7 Å². The largest absolute Gasteiger partial charge is 0.456 e. The van der Waals surface area contributed by atoms with Crippen LogP contribution >= 0.6 is 63.7 Å². The van der Waals surface area contributed by atoms with Crippen LogP contribution < -0.4 is 37.9 Å². The molecule has 8 bridgehead atoms. The van der Waals surface area contributed by atoms with Gasteiger partial charge in [0.05, 0.1) is 0 Å². The van der Waals surface area contributed by atoms with Crippen molar-refractivity contribution < 1.29 is 37.9 Å². The van der Waals surface area contributed by atoms with E-state index in [2.05, 4.69) is 91.4 Å². The van der Waals surface area contributed by atoms with Crippen molar-refractivity contribution in [2.45, 2.75) is 156 Å². The number of halogens is 4. The average molecular weight is 1130 g/mol. The summed E-state index contributed by atoms with van der Waals surface area (Å²) in [5, 5.41) is 0. The lowest BCUT2D eigenvalue weighted by Gasteiger charge is -2.34. The maximum Gasteiger partial charge on any atom is 0.231 e. The van der Waals surface area contributed by atoms with Gasteiger partial charge in [0.15, 0.2) is 0 Å². The van der Waals surface area contributed by atoms with Crippen molar-refractivity contribution in [3.05, 3.63) is 84.7 Å². The minimum atomic E-state index is 0.0254. The van der Waals surface area contributed by atoms with E-state index >= 15 is 0 Å². The first-order chi connectivity index (χ1) is 31.3. The lowest BCUT2D eigenvalue weighted by Crippen LogP contribution is -2.24. The van der Waals surface area contributed by atoms with Gasteiger partial charge in [-0.1, -0.05) is 79.1 Å². The minimum absolute atomic E-state index is 0.0254. The predicted octanol–water partition coefficient (Wildman–Crippen LogP) is 15.3. The molecular formula is C52H60Br4O8. The van der Waals surface area contributed by atoms with Crippen LogP contribution in [0.5, 0.6) is 46.0 Å². The van der Waals surface area contributed by atoms with E-state index in [-0.39, 0.29) is 27.2 Å². The number of hydrogen-bond acceptors (Lipinski definition) is 8. The van der Waals surface area contributed by atoms with E-state index < -0.39 is 0 Å². The fourth-order valence-electron chi connectivity index (χ4n) is 10.7. The molecular weight excluding hydrogens is 1070 g/mol. The molecule has 4 aliphatic heterocycles. The summed E-state index contributed by atoms with van der Waals surface area (Å²) in [5.74, 6) is 6.26. The lowest BCUT2D eigenvalue weighted by molar-refractivity contribution is 0.0971. The van der Waals surface area contributed by atoms with Gasteiger partial charge in [0.25, 0.3) is 0 Å². The Morgan fingerprint density at radius 2 is 0.453 bits per heavy atom. The molecule has 0 saturated heterocycles. The molecule has 12 heteroatoms. The number of rotatable bonds is 16. The van der Waals surface area contributed by atoms with Crippen molar-refractivity contribution >= 4 is 63.7 Å². The lowest BCUT2D eigenvalue weighted by atomic mass is 9.80. The second-order valence-corrected chi connectivity index (χ2v) is 21.0. The van der Waals surface area contributed by atoms with Crippen molar-refractivity contribution in [1.82, 2.24) is 0 Å². The second kappa shape index (κ2) is 20.6. The molecule has 344 valence electrons. The molecule has 0 aromatic heterocycles. The zero-order valence-corrected chi connectivity index (χ0v) is 44.1. The highest BCUT2D eigenvalue weighted by Gasteiger charge is 2.38. The molecule has 4 heterocycles. The Morgan fingerprint density at radius 1 is 0.281 bits per heavy atom. The summed E-state index contributed by atoms with van der Waals surface area (Å²) in [7, 11) is 0. The summed E-state index contributed by atoms with van der Waals surface area (Å²) in [6.07, 6.45) is 19.3. The SMILES string of the molecule is CCCCCc1c2c3c(Br)c4c1Cc1c(CCCCC)c5c(c(Br)c1OCO4)OCOc1c(Br)c4c(c(CCCCC)c1C5)Cc1c(CCCCC)c(c(c(Br)c1OCO4)OCO3)C2. The molecule has 8 nitrogen and oxygen atoms in total. The molecule has 4 aromatic carbocycles. The molecule has 0 atom stereocenters. The average Bonchev–Trinajstić information content (AvgIpc) is 3.24. The molecule has 0 unspecified atom stereocenters. The Kier molecular flexibility index (Phi) is 14.9. The van der Waals surface area contributed by atoms with E-state index in [0.717, 1.165) is 167 Å². The van der Waals surface area contributed by atoms with Gasteiger partial charge in [0.1, 0.15) is 63.9 Å². The summed E-state index contributed by atoms with van der Waals surface area (Å²) in [6.45, 7) is 9.20. The number of ether oxygens (including phenoxy) is 8. The molecule has 9 rings (SSSR count). The van der Waals surface area contributed by atoms with Crippen LogP contribution in [-0.4, -0.2) is 27.2 Å². The normalized spacial score (nSPS) is 15.1. The van der Waals surface area contributed by atoms with Crippen molar-refractivity contribution in [2.24, 2.45) is 0 Å². The van der Waals surface area contributed by atoms with E-state index in [1.54, 1.807) is 0 Å². The van der Waals surface area contributed by atoms with Crippen LogP contribution in [0.15, 0.2) is 17.9 Å². The third kappa shape index (κ3) is 8.54. The summed E-state index contributed by atoms with van der Waals surface area (Å²) in [5.41, 5.74) is 14.7. The Labute approximate surface area is 412 Å². The summed E-state index contributed by atoms with van der Waals surface area (Å²) >= 11 is 16.4. The molecule has 0 spiro atoms. The second-order valence-electron chi connectivity index (χ2n) is 17.8. The fourth-order valence-corrected chi connectivity index (χ4v) is 13.5. The first-order valence-electron chi connectivity index (χ1n) is 23.8. The van der Waals surface area contributed by atoms with Crippen LogP contribution in [0.2, 0.25) is 0 Å². The Morgan fingerprint density at radius 3 is 0.609 bits per heavy atom. The first kappa shape index (κ1) is 46.3. The Hall–Kier alpha value is -2.80. The zero-order valence-electron chi connectivity index (χ0n) is 37.7. The quantitative estimate of drug-likeness (QED) is 0.0905. The van der Waals surface area contributed by atoms with Gasteiger partial charge >= 0.3 is 0 Å². The van der Waals surface area contributed by atoms with Gasteiger partial charge in [-0.25, -0.2) is 0 Å². The van der Waals surface area contributed by atoms with Crippen LogP contribution in [-0.2, 0) is 51.4 Å². The minimum Gasteiger partial charge on any atom is -0.456 e. The molecule has 0 N–H and O–H groups in total. The van der Waals surface area contributed by atoms with Crippen LogP contribution in [0.1, 0.15) is 172 Å². The highest BCUT2D eigenvalue weighted by molar-refractivity contribution is 9.11. The molecule has 0 fully saturated rings. The first-order valence-corrected chi connectivity index (χ1v) is 26.9. The van der Waals surface area contributed by atoms with Gasteiger partial charge < -0.3 is 37.9 Å². The molecule has 4 aromatic rings. The molecule has 0 saturated carbocycles. The van der Waals surface area contributed by atoms with Gasteiger partial charge in [-0.05, 0) is 137 Å². The monoisotopic (exact) mass is 1130 g/mol. The van der Waals surface area contributed by atoms with Crippen LogP contribution in [0.3, 0.4) is 0 Å². The van der Waals surface area contributed by atoms with Gasteiger partial charge in [0, 0.05) is 70.2 Å². The highest BCUT2D eigenvalue weighted by Crippen LogP contribution is 2.56.